The number of benzene rings is 1. The molecular formula is C12H12N2O2S. The predicted molar refractivity (Wildman–Crippen MR) is 67.7 cm³/mol. The molecule has 0 bridgehead atoms. The van der Waals surface area contributed by atoms with Gasteiger partial charge in [0.05, 0.1) is 10.6 Å². The van der Waals surface area contributed by atoms with Gasteiger partial charge in [0.2, 0.25) is 0 Å². The highest BCUT2D eigenvalue weighted by atomic mass is 32.1. The molecule has 2 heterocycles. The van der Waals surface area contributed by atoms with Crippen molar-refractivity contribution in [1.82, 2.24) is 4.98 Å². The smallest absolute Gasteiger partial charge is 0.180 e. The Morgan fingerprint density at radius 1 is 1.24 bits per heavy atom. The van der Waals surface area contributed by atoms with Crippen molar-refractivity contribution >= 4 is 16.5 Å². The van der Waals surface area contributed by atoms with Crippen LogP contribution in [0.5, 0.6) is 11.5 Å². The zero-order valence-electron chi connectivity index (χ0n) is 9.40. The topological polar surface area (TPSA) is 57.4 Å². The number of hydrogen-bond acceptors (Lipinski definition) is 5. The van der Waals surface area contributed by atoms with Crippen LogP contribution in [0.2, 0.25) is 0 Å². The lowest BCUT2D eigenvalue weighted by Crippen LogP contribution is -2.15. The summed E-state index contributed by atoms with van der Waals surface area (Å²) in [5.74, 6) is 1.59. The highest BCUT2D eigenvalue weighted by Crippen LogP contribution is 2.38. The van der Waals surface area contributed by atoms with Crippen LogP contribution in [0, 0.1) is 6.92 Å². The molecule has 0 aliphatic carbocycles. The second kappa shape index (κ2) is 3.92. The van der Waals surface area contributed by atoms with Crippen molar-refractivity contribution in [2.75, 3.05) is 18.9 Å². The number of anilines is 1. The number of aromatic nitrogens is 1. The molecule has 1 aromatic carbocycles. The number of fused-ring (bicyclic) bond motifs is 1. The van der Waals surface area contributed by atoms with E-state index in [1.165, 1.54) is 11.3 Å². The maximum absolute atomic E-state index is 5.71. The summed E-state index contributed by atoms with van der Waals surface area (Å²) in [5.41, 5.74) is 7.72. The third-order valence-corrected chi connectivity index (χ3v) is 3.65. The number of hydrogen-bond donors (Lipinski definition) is 1. The average Bonchev–Trinajstić information content (AvgIpc) is 2.68. The molecule has 0 saturated heterocycles. The summed E-state index contributed by atoms with van der Waals surface area (Å²) in [7, 11) is 0. The molecule has 2 aromatic rings. The first-order valence-electron chi connectivity index (χ1n) is 5.37. The number of thiazole rings is 1. The fraction of sp³-hybridized carbons (Fsp3) is 0.250. The minimum absolute atomic E-state index is 0.590. The highest BCUT2D eigenvalue weighted by Gasteiger charge is 2.14. The minimum atomic E-state index is 0.590. The molecule has 0 saturated carbocycles. The van der Waals surface area contributed by atoms with E-state index in [0.717, 1.165) is 27.6 Å². The van der Waals surface area contributed by atoms with E-state index in [4.69, 9.17) is 15.2 Å². The van der Waals surface area contributed by atoms with Crippen molar-refractivity contribution in [3.8, 4) is 21.9 Å². The molecule has 0 fully saturated rings. The fourth-order valence-corrected chi connectivity index (χ4v) is 2.70. The second-order valence-corrected chi connectivity index (χ2v) is 4.86. The van der Waals surface area contributed by atoms with Gasteiger partial charge in [-0.2, -0.15) is 0 Å². The maximum Gasteiger partial charge on any atom is 0.180 e. The van der Waals surface area contributed by atoms with E-state index in [-0.39, 0.29) is 0 Å². The quantitative estimate of drug-likeness (QED) is 0.842. The molecule has 2 N–H and O–H groups in total. The summed E-state index contributed by atoms with van der Waals surface area (Å²) < 4.78 is 11.0. The number of rotatable bonds is 1. The Balaban J connectivity index is 2.06. The Labute approximate surface area is 103 Å². The lowest BCUT2D eigenvalue weighted by Gasteiger charge is -2.18. The number of ether oxygens (including phenoxy) is 2. The lowest BCUT2D eigenvalue weighted by molar-refractivity contribution is 0.171. The predicted octanol–water partition coefficient (Wildman–Crippen LogP) is 2.47. The van der Waals surface area contributed by atoms with Crippen molar-refractivity contribution in [3.63, 3.8) is 0 Å². The Morgan fingerprint density at radius 2 is 2.00 bits per heavy atom. The first kappa shape index (κ1) is 10.4. The molecule has 4 nitrogen and oxygen atoms in total. The van der Waals surface area contributed by atoms with Crippen molar-refractivity contribution in [1.29, 1.82) is 0 Å². The Kier molecular flexibility index (Phi) is 2.40. The van der Waals surface area contributed by atoms with Gasteiger partial charge >= 0.3 is 0 Å². The first-order chi connectivity index (χ1) is 8.24. The zero-order valence-corrected chi connectivity index (χ0v) is 10.2. The van der Waals surface area contributed by atoms with E-state index in [1.807, 2.05) is 25.1 Å². The molecule has 17 heavy (non-hydrogen) atoms. The summed E-state index contributed by atoms with van der Waals surface area (Å²) in [4.78, 5) is 5.31. The van der Waals surface area contributed by atoms with Crippen LogP contribution in [0.3, 0.4) is 0 Å². The van der Waals surface area contributed by atoms with Gasteiger partial charge in [0.15, 0.2) is 16.6 Å². The van der Waals surface area contributed by atoms with Crippen molar-refractivity contribution in [3.05, 3.63) is 23.9 Å². The molecule has 5 heteroatoms. The number of aryl methyl sites for hydroxylation is 1. The van der Waals surface area contributed by atoms with E-state index < -0.39 is 0 Å². The Morgan fingerprint density at radius 3 is 2.71 bits per heavy atom. The van der Waals surface area contributed by atoms with Crippen LogP contribution in [0.15, 0.2) is 18.2 Å². The number of nitrogen functional groups attached to an aromatic ring is 1. The summed E-state index contributed by atoms with van der Waals surface area (Å²) in [6.07, 6.45) is 0. The summed E-state index contributed by atoms with van der Waals surface area (Å²) in [5, 5.41) is 0.590. The van der Waals surface area contributed by atoms with Crippen LogP contribution < -0.4 is 15.2 Å². The lowest BCUT2D eigenvalue weighted by atomic mass is 10.1. The SMILES string of the molecule is Cc1nc(N)sc1-c1ccc2c(c1)OCCO2. The Hall–Kier alpha value is -1.75. The second-order valence-electron chi connectivity index (χ2n) is 3.83. The molecule has 1 aliphatic heterocycles. The molecule has 0 unspecified atom stereocenters. The van der Waals surface area contributed by atoms with Gasteiger partial charge in [-0.25, -0.2) is 4.98 Å². The molecule has 0 amide bonds. The monoisotopic (exact) mass is 248 g/mol. The molecule has 0 radical (unpaired) electrons. The molecule has 0 spiro atoms. The van der Waals surface area contributed by atoms with Crippen LogP contribution in [0.1, 0.15) is 5.69 Å². The van der Waals surface area contributed by atoms with Gasteiger partial charge in [-0.15, -0.1) is 0 Å². The van der Waals surface area contributed by atoms with Gasteiger partial charge in [0.25, 0.3) is 0 Å². The Bertz CT molecular complexity index is 566. The molecular weight excluding hydrogens is 236 g/mol. The third-order valence-electron chi connectivity index (χ3n) is 2.62. The van der Waals surface area contributed by atoms with Gasteiger partial charge in [-0.1, -0.05) is 11.3 Å². The van der Waals surface area contributed by atoms with Crippen LogP contribution in [0.4, 0.5) is 5.13 Å². The van der Waals surface area contributed by atoms with Gasteiger partial charge < -0.3 is 15.2 Å². The highest BCUT2D eigenvalue weighted by molar-refractivity contribution is 7.18. The van der Waals surface area contributed by atoms with E-state index in [2.05, 4.69) is 4.98 Å². The summed E-state index contributed by atoms with van der Waals surface area (Å²) in [6.45, 7) is 3.16. The maximum atomic E-state index is 5.71. The van der Waals surface area contributed by atoms with E-state index in [9.17, 15) is 0 Å². The van der Waals surface area contributed by atoms with E-state index in [0.29, 0.717) is 18.3 Å². The zero-order chi connectivity index (χ0) is 11.8. The van der Waals surface area contributed by atoms with E-state index in [1.54, 1.807) is 0 Å². The van der Waals surface area contributed by atoms with Crippen LogP contribution >= 0.6 is 11.3 Å². The standard InChI is InChI=1S/C12H12N2O2S/c1-7-11(17-12(13)14-7)8-2-3-9-10(6-8)16-5-4-15-9/h2-3,6H,4-5H2,1H3,(H2,13,14). The van der Waals surface area contributed by atoms with Gasteiger partial charge in [-0.3, -0.25) is 0 Å². The first-order valence-corrected chi connectivity index (χ1v) is 6.18. The molecule has 0 atom stereocenters. The number of nitrogens with zero attached hydrogens (tertiary/aromatic N) is 1. The molecule has 3 rings (SSSR count). The summed E-state index contributed by atoms with van der Waals surface area (Å²) in [6, 6.07) is 5.92. The van der Waals surface area contributed by atoms with Crippen molar-refractivity contribution in [2.24, 2.45) is 0 Å². The average molecular weight is 248 g/mol. The van der Waals surface area contributed by atoms with Crippen LogP contribution in [-0.2, 0) is 0 Å². The van der Waals surface area contributed by atoms with Gasteiger partial charge in [-0.05, 0) is 30.7 Å². The number of nitrogens with two attached hydrogens (primary N) is 1. The van der Waals surface area contributed by atoms with Gasteiger partial charge in [0, 0.05) is 0 Å². The molecule has 1 aliphatic rings. The largest absolute Gasteiger partial charge is 0.486 e. The van der Waals surface area contributed by atoms with Crippen LogP contribution in [-0.4, -0.2) is 18.2 Å². The van der Waals surface area contributed by atoms with Crippen LogP contribution in [0.25, 0.3) is 10.4 Å². The normalized spacial score (nSPS) is 13.7. The third kappa shape index (κ3) is 1.82. The molecule has 88 valence electrons. The van der Waals surface area contributed by atoms with E-state index >= 15 is 0 Å². The molecule has 1 aromatic heterocycles. The fourth-order valence-electron chi connectivity index (χ4n) is 1.87. The summed E-state index contributed by atoms with van der Waals surface area (Å²) >= 11 is 1.49. The minimum Gasteiger partial charge on any atom is -0.486 e. The van der Waals surface area contributed by atoms with Crippen molar-refractivity contribution < 1.29 is 9.47 Å². The van der Waals surface area contributed by atoms with Crippen molar-refractivity contribution in [2.45, 2.75) is 6.92 Å². The van der Waals surface area contributed by atoms with Gasteiger partial charge in [0.1, 0.15) is 13.2 Å².